The van der Waals surface area contributed by atoms with Gasteiger partial charge in [-0.25, -0.2) is 0 Å². The van der Waals surface area contributed by atoms with Gasteiger partial charge in [0, 0.05) is 17.8 Å². The number of nitrogens with zero attached hydrogens (tertiary/aromatic N) is 2. The van der Waals surface area contributed by atoms with Gasteiger partial charge in [-0.05, 0) is 35.9 Å². The Kier molecular flexibility index (Phi) is 4.71. The number of benzene rings is 2. The maximum Gasteiger partial charge on any atom is 0.291 e. The van der Waals surface area contributed by atoms with E-state index in [0.717, 1.165) is 27.9 Å². The molecule has 1 heterocycles. The molecule has 0 bridgehead atoms. The second-order valence-electron chi connectivity index (χ2n) is 5.57. The molecule has 1 saturated heterocycles. The van der Waals surface area contributed by atoms with E-state index in [1.807, 2.05) is 31.2 Å². The van der Waals surface area contributed by atoms with Crippen molar-refractivity contribution in [3.8, 4) is 0 Å². The molecule has 2 amide bonds. The van der Waals surface area contributed by atoms with Crippen LogP contribution in [-0.2, 0) is 11.3 Å². The first-order chi connectivity index (χ1) is 12.0. The van der Waals surface area contributed by atoms with Gasteiger partial charge in [-0.1, -0.05) is 30.3 Å². The van der Waals surface area contributed by atoms with E-state index in [-0.39, 0.29) is 23.4 Å². The summed E-state index contributed by atoms with van der Waals surface area (Å²) < 4.78 is 0. The number of nitro groups is 1. The van der Waals surface area contributed by atoms with Gasteiger partial charge in [0.2, 0.25) is 0 Å². The molecule has 0 aromatic heterocycles. The van der Waals surface area contributed by atoms with Crippen LogP contribution in [0, 0.1) is 17.0 Å². The van der Waals surface area contributed by atoms with Crippen LogP contribution in [0.2, 0.25) is 0 Å². The minimum Gasteiger partial charge on any atom is -0.365 e. The Morgan fingerprint density at radius 3 is 2.48 bits per heavy atom. The summed E-state index contributed by atoms with van der Waals surface area (Å²) in [5, 5.41) is 12.8. The van der Waals surface area contributed by atoms with E-state index in [1.165, 1.54) is 12.1 Å². The fourth-order valence-corrected chi connectivity index (χ4v) is 3.36. The zero-order valence-corrected chi connectivity index (χ0v) is 14.2. The van der Waals surface area contributed by atoms with E-state index in [4.69, 9.17) is 0 Å². The van der Waals surface area contributed by atoms with Crippen molar-refractivity contribution in [2.45, 2.75) is 18.8 Å². The normalized spacial score (nSPS) is 17.0. The van der Waals surface area contributed by atoms with Gasteiger partial charge in [0.15, 0.2) is 5.37 Å². The van der Waals surface area contributed by atoms with Gasteiger partial charge in [0.1, 0.15) is 0 Å². The Hall–Kier alpha value is -2.87. The molecule has 7 nitrogen and oxygen atoms in total. The van der Waals surface area contributed by atoms with Crippen molar-refractivity contribution in [3.63, 3.8) is 0 Å². The quantitative estimate of drug-likeness (QED) is 0.650. The second kappa shape index (κ2) is 6.94. The number of para-hydroxylation sites is 1. The van der Waals surface area contributed by atoms with Crippen molar-refractivity contribution in [2.24, 2.45) is 0 Å². The van der Waals surface area contributed by atoms with Crippen LogP contribution in [0.3, 0.4) is 0 Å². The molecule has 3 rings (SSSR count). The van der Waals surface area contributed by atoms with Gasteiger partial charge in [-0.15, -0.1) is 0 Å². The number of nitro benzene ring substituents is 1. The van der Waals surface area contributed by atoms with Crippen LogP contribution in [0.15, 0.2) is 48.5 Å². The summed E-state index contributed by atoms with van der Waals surface area (Å²) in [5.41, 5.74) is 2.41. The van der Waals surface area contributed by atoms with Gasteiger partial charge in [-0.3, -0.25) is 24.6 Å². The fourth-order valence-electron chi connectivity index (χ4n) is 2.46. The number of aryl methyl sites for hydroxylation is 1. The molecule has 1 aliphatic heterocycles. The molecule has 1 N–H and O–H groups in total. The molecule has 0 saturated carbocycles. The lowest BCUT2D eigenvalue weighted by atomic mass is 10.2. The molecule has 2 aromatic carbocycles. The monoisotopic (exact) mass is 357 g/mol. The van der Waals surface area contributed by atoms with E-state index in [0.29, 0.717) is 5.56 Å². The summed E-state index contributed by atoms with van der Waals surface area (Å²) in [4.78, 5) is 36.0. The molecule has 128 valence electrons. The molecule has 0 aliphatic carbocycles. The predicted octanol–water partition coefficient (Wildman–Crippen LogP) is 3.54. The highest BCUT2D eigenvalue weighted by Gasteiger charge is 2.39. The first-order valence-corrected chi connectivity index (χ1v) is 8.41. The molecule has 0 spiro atoms. The Morgan fingerprint density at radius 1 is 1.16 bits per heavy atom. The van der Waals surface area contributed by atoms with Gasteiger partial charge in [-0.2, -0.15) is 0 Å². The fraction of sp³-hybridized carbons (Fsp3) is 0.176. The van der Waals surface area contributed by atoms with Crippen LogP contribution in [0.5, 0.6) is 0 Å². The van der Waals surface area contributed by atoms with E-state index in [1.54, 1.807) is 12.1 Å². The Morgan fingerprint density at radius 2 is 1.84 bits per heavy atom. The Balaban J connectivity index is 1.71. The highest BCUT2D eigenvalue weighted by atomic mass is 32.2. The third-order valence-corrected chi connectivity index (χ3v) is 4.83. The molecule has 0 unspecified atom stereocenters. The molecular weight excluding hydrogens is 342 g/mol. The Bertz CT molecular complexity index is 838. The summed E-state index contributed by atoms with van der Waals surface area (Å²) >= 11 is 0.931. The van der Waals surface area contributed by atoms with Crippen LogP contribution >= 0.6 is 11.8 Å². The molecule has 1 aliphatic rings. The zero-order valence-electron chi connectivity index (χ0n) is 13.3. The summed E-state index contributed by atoms with van der Waals surface area (Å²) in [7, 11) is 0. The molecule has 25 heavy (non-hydrogen) atoms. The first kappa shape index (κ1) is 17.0. The van der Waals surface area contributed by atoms with Crippen molar-refractivity contribution >= 4 is 34.3 Å². The number of nitrogens with one attached hydrogen (secondary N) is 1. The third kappa shape index (κ3) is 3.63. The van der Waals surface area contributed by atoms with Crippen LogP contribution < -0.4 is 5.32 Å². The van der Waals surface area contributed by atoms with Crippen molar-refractivity contribution in [1.29, 1.82) is 0 Å². The van der Waals surface area contributed by atoms with Gasteiger partial charge >= 0.3 is 0 Å². The van der Waals surface area contributed by atoms with Crippen molar-refractivity contribution < 1.29 is 14.5 Å². The van der Waals surface area contributed by atoms with E-state index in [9.17, 15) is 19.7 Å². The number of thioether (sulfide) groups is 1. The number of hydrogen-bond acceptors (Lipinski definition) is 6. The summed E-state index contributed by atoms with van der Waals surface area (Å²) in [6, 6.07) is 13.3. The average molecular weight is 357 g/mol. The first-order valence-electron chi connectivity index (χ1n) is 7.53. The maximum absolute atomic E-state index is 12.5. The maximum atomic E-state index is 12.5. The van der Waals surface area contributed by atoms with Gasteiger partial charge in [0.05, 0.1) is 11.5 Å². The largest absolute Gasteiger partial charge is 0.365 e. The van der Waals surface area contributed by atoms with Crippen LogP contribution in [0.25, 0.3) is 0 Å². The predicted molar refractivity (Wildman–Crippen MR) is 95.2 cm³/mol. The number of imide groups is 1. The highest BCUT2D eigenvalue weighted by molar-refractivity contribution is 8.15. The van der Waals surface area contributed by atoms with E-state index >= 15 is 0 Å². The van der Waals surface area contributed by atoms with Crippen molar-refractivity contribution in [3.05, 3.63) is 69.8 Å². The smallest absolute Gasteiger partial charge is 0.291 e. The molecule has 8 heteroatoms. The second-order valence-corrected chi connectivity index (χ2v) is 6.63. The van der Waals surface area contributed by atoms with E-state index in [2.05, 4.69) is 5.32 Å². The number of rotatable bonds is 5. The summed E-state index contributed by atoms with van der Waals surface area (Å²) in [5.74, 6) is -0.323. The number of amides is 2. The summed E-state index contributed by atoms with van der Waals surface area (Å²) in [6.07, 6.45) is 0. The molecule has 1 fully saturated rings. The van der Waals surface area contributed by atoms with Crippen molar-refractivity contribution in [1.82, 2.24) is 4.90 Å². The number of hydrogen-bond donors (Lipinski definition) is 1. The van der Waals surface area contributed by atoms with Gasteiger partial charge in [0.25, 0.3) is 16.8 Å². The molecular formula is C17H15N3O4S. The average Bonchev–Trinajstić information content (AvgIpc) is 2.85. The van der Waals surface area contributed by atoms with E-state index < -0.39 is 10.3 Å². The highest BCUT2D eigenvalue weighted by Crippen LogP contribution is 2.30. The third-order valence-electron chi connectivity index (χ3n) is 3.85. The lowest BCUT2D eigenvalue weighted by molar-refractivity contribution is -0.384. The molecule has 0 radical (unpaired) electrons. The lowest BCUT2D eigenvalue weighted by Crippen LogP contribution is -2.34. The molecule has 2 aromatic rings. The molecule has 1 atom stereocenters. The number of non-ortho nitro benzene ring substituents is 1. The van der Waals surface area contributed by atoms with Gasteiger partial charge < -0.3 is 5.32 Å². The standard InChI is InChI=1S/C17H15N3O4S/c1-11-4-2-3-5-14(11)18-15-16(21)19(17(22)25-15)10-12-6-8-13(9-7-12)20(23)24/h2-9,15,18H,10H2,1H3/t15-/m1/s1. The lowest BCUT2D eigenvalue weighted by Gasteiger charge is -2.15. The van der Waals surface area contributed by atoms with Crippen molar-refractivity contribution in [2.75, 3.05) is 5.32 Å². The minimum atomic E-state index is -0.674. The topological polar surface area (TPSA) is 92.6 Å². The number of carbonyl (C=O) groups excluding carboxylic acids is 2. The van der Waals surface area contributed by atoms with Crippen LogP contribution in [0.4, 0.5) is 16.2 Å². The number of anilines is 1. The van der Waals surface area contributed by atoms with Crippen LogP contribution in [0.1, 0.15) is 11.1 Å². The Labute approximate surface area is 148 Å². The van der Waals surface area contributed by atoms with Crippen LogP contribution in [-0.4, -0.2) is 26.3 Å². The number of carbonyl (C=O) groups is 2. The zero-order chi connectivity index (χ0) is 18.0. The summed E-state index contributed by atoms with van der Waals surface area (Å²) in [6.45, 7) is 2.01. The SMILES string of the molecule is Cc1ccccc1N[C@@H]1SC(=O)N(Cc2ccc([N+](=O)[O-])cc2)C1=O. The minimum absolute atomic E-state index is 0.0312.